The average Bonchev–Trinajstić information content (AvgIpc) is 3.76. The molecule has 3 N–H and O–H groups in total. The Morgan fingerprint density at radius 3 is 1.70 bits per heavy atom. The van der Waals surface area contributed by atoms with Crippen molar-refractivity contribution in [3.8, 4) is 0 Å². The third-order valence-corrected chi connectivity index (χ3v) is 11.7. The van der Waals surface area contributed by atoms with Crippen LogP contribution in [0.15, 0.2) is 41.1 Å². The molecule has 0 bridgehead atoms. The first-order valence-corrected chi connectivity index (χ1v) is 25.6. The molecule has 0 spiro atoms. The summed E-state index contributed by atoms with van der Waals surface area (Å²) in [4.78, 5) is 59.6. The molecule has 2 rings (SSSR count). The van der Waals surface area contributed by atoms with Crippen LogP contribution < -0.4 is 10.2 Å². The Balaban J connectivity index is 1.72. The normalized spacial score (nSPS) is 13.2. The Morgan fingerprint density at radius 1 is 0.698 bits per heavy atom. The standard InChI is InChI=1S/C47H79N4O11P/c1-3-5-7-9-11-13-15-17-19-21-23-25-27-29-31-33-44(52)58-39-41(61-45(53)34-32-30-28-26-24-22-20-18-16-14-12-10-8-6-4-2)40-60-63(56,57)59-38-37-48-42-35-36-43(51(54)55)47-46(42)49-62-50-47/h17-20,35-36,41H,3-16,21-34,37-40H2,1-2H3,(H2-,48,50,54,55,56,57)/p+1/b19-17-,20-18-/t41-/m1/s1. The number of esters is 2. The molecule has 0 aliphatic carbocycles. The Labute approximate surface area is 377 Å². The van der Waals surface area contributed by atoms with Crippen LogP contribution in [0.5, 0.6) is 0 Å². The number of phosphoric ester groups is 1. The van der Waals surface area contributed by atoms with E-state index in [1.54, 1.807) is 0 Å². The number of hydrogen-bond acceptors (Lipinski definition) is 13. The van der Waals surface area contributed by atoms with Gasteiger partial charge in [0, 0.05) is 25.5 Å². The van der Waals surface area contributed by atoms with Gasteiger partial charge in [-0.3, -0.25) is 9.59 Å². The van der Waals surface area contributed by atoms with Crippen LogP contribution in [0.4, 0.5) is 11.4 Å². The smallest absolute Gasteiger partial charge is 0.377 e. The van der Waals surface area contributed by atoms with Crippen molar-refractivity contribution >= 4 is 42.5 Å². The van der Waals surface area contributed by atoms with Crippen molar-refractivity contribution in [1.82, 2.24) is 10.3 Å². The SMILES string of the molecule is CCCCCCCC/C=C\CCCCCCCC(=O)OC[C@H](CO[P+]([O-])(O)OCCNc1ccc([N+](=O)O)c2nonc12)OC(=O)CCCCCCC/C=C\CCCCCCCC. The number of fused-ring (bicyclic) bond motifs is 1. The summed E-state index contributed by atoms with van der Waals surface area (Å²) in [6.07, 6.45) is 38.2. The molecule has 1 aromatic carbocycles. The molecule has 0 aliphatic heterocycles. The zero-order valence-corrected chi connectivity index (χ0v) is 39.4. The lowest BCUT2D eigenvalue weighted by atomic mass is 10.1. The molecule has 1 unspecified atom stereocenters. The van der Waals surface area contributed by atoms with Gasteiger partial charge in [0.25, 0.3) is 4.92 Å². The molecule has 1 aromatic heterocycles. The molecular formula is C47H80N4O11P+. The highest BCUT2D eigenvalue weighted by atomic mass is 31.2. The van der Waals surface area contributed by atoms with Crippen molar-refractivity contribution in [3.05, 3.63) is 41.3 Å². The Bertz CT molecular complexity index is 1550. The minimum Gasteiger partial charge on any atom is -0.606 e. The van der Waals surface area contributed by atoms with Gasteiger partial charge < -0.3 is 19.7 Å². The van der Waals surface area contributed by atoms with E-state index in [1.807, 2.05) is 0 Å². The fourth-order valence-electron chi connectivity index (χ4n) is 7.01. The van der Waals surface area contributed by atoms with E-state index in [-0.39, 0.29) is 54.2 Å². The van der Waals surface area contributed by atoms with Crippen molar-refractivity contribution in [2.45, 2.75) is 200 Å². The molecule has 0 fully saturated rings. The quantitative estimate of drug-likeness (QED) is 0.0186. The van der Waals surface area contributed by atoms with Crippen LogP contribution in [0, 0.1) is 4.91 Å². The summed E-state index contributed by atoms with van der Waals surface area (Å²) in [5, 5.41) is 19.5. The largest absolute Gasteiger partial charge is 0.606 e. The summed E-state index contributed by atoms with van der Waals surface area (Å²) in [6, 6.07) is 2.75. The van der Waals surface area contributed by atoms with Gasteiger partial charge >= 0.3 is 25.8 Å². The number of aromatic nitrogens is 2. The van der Waals surface area contributed by atoms with E-state index in [9.17, 15) is 29.5 Å². The topological polar surface area (TPSA) is 206 Å². The molecule has 0 aliphatic rings. The molecule has 1 heterocycles. The van der Waals surface area contributed by atoms with Gasteiger partial charge in [-0.05, 0) is 80.6 Å². The minimum absolute atomic E-state index is 0.0117. The summed E-state index contributed by atoms with van der Waals surface area (Å²) in [7, 11) is -4.62. The van der Waals surface area contributed by atoms with E-state index in [2.05, 4.69) is 58.4 Å². The first-order chi connectivity index (χ1) is 30.7. The molecule has 0 radical (unpaired) electrons. The maximum atomic E-state index is 12.8. The number of hydrogen-bond donors (Lipinski definition) is 3. The molecule has 358 valence electrons. The van der Waals surface area contributed by atoms with E-state index < -0.39 is 32.8 Å². The second kappa shape index (κ2) is 36.8. The molecule has 2 atom stereocenters. The lowest BCUT2D eigenvalue weighted by Crippen LogP contribution is -2.31. The van der Waals surface area contributed by atoms with Gasteiger partial charge in [-0.15, -0.1) is 0 Å². The molecule has 63 heavy (non-hydrogen) atoms. The highest BCUT2D eigenvalue weighted by Gasteiger charge is 2.31. The van der Waals surface area contributed by atoms with Gasteiger partial charge in [-0.2, -0.15) is 13.9 Å². The molecule has 2 aromatic rings. The summed E-state index contributed by atoms with van der Waals surface area (Å²) >= 11 is 0. The lowest BCUT2D eigenvalue weighted by Gasteiger charge is -2.23. The molecule has 15 nitrogen and oxygen atoms in total. The first kappa shape index (κ1) is 55.6. The summed E-state index contributed by atoms with van der Waals surface area (Å²) in [5.41, 5.74) is 0.374. The fraction of sp³-hybridized carbons (Fsp3) is 0.745. The monoisotopic (exact) mass is 908 g/mol. The van der Waals surface area contributed by atoms with E-state index >= 15 is 0 Å². The molecule has 0 saturated carbocycles. The van der Waals surface area contributed by atoms with Crippen LogP contribution in [0.2, 0.25) is 0 Å². The lowest BCUT2D eigenvalue weighted by molar-refractivity contribution is -0.728. The van der Waals surface area contributed by atoms with Crippen LogP contribution in [-0.4, -0.2) is 69.7 Å². The van der Waals surface area contributed by atoms with Crippen molar-refractivity contribution in [1.29, 1.82) is 0 Å². The van der Waals surface area contributed by atoms with Gasteiger partial charge in [0.1, 0.15) is 19.8 Å². The number of nitrogens with zero attached hydrogens (tertiary/aromatic N) is 3. The second-order valence-electron chi connectivity index (χ2n) is 16.4. The number of carbonyl (C=O) groups is 2. The van der Waals surface area contributed by atoms with Gasteiger partial charge in [0.05, 0.1) is 10.6 Å². The van der Waals surface area contributed by atoms with Crippen LogP contribution in [0.1, 0.15) is 194 Å². The van der Waals surface area contributed by atoms with Crippen molar-refractivity contribution in [2.75, 3.05) is 31.7 Å². The zero-order chi connectivity index (χ0) is 45.6. The van der Waals surface area contributed by atoms with Gasteiger partial charge in [-0.1, -0.05) is 141 Å². The number of carbonyl (C=O) groups excluding carboxylic acids is 2. The first-order valence-electron chi connectivity index (χ1n) is 24.1. The van der Waals surface area contributed by atoms with Crippen LogP contribution in [0.3, 0.4) is 0 Å². The van der Waals surface area contributed by atoms with Gasteiger partial charge in [-0.25, -0.2) is 9.84 Å². The summed E-state index contributed by atoms with van der Waals surface area (Å²) < 4.78 is 25.9. The summed E-state index contributed by atoms with van der Waals surface area (Å²) in [6.45, 7) is 3.35. The highest BCUT2D eigenvalue weighted by molar-refractivity contribution is 7.52. The van der Waals surface area contributed by atoms with E-state index in [4.69, 9.17) is 18.5 Å². The van der Waals surface area contributed by atoms with E-state index in [0.717, 1.165) is 77.0 Å². The average molecular weight is 908 g/mol. The summed E-state index contributed by atoms with van der Waals surface area (Å²) in [5.74, 6) is -0.944. The molecule has 16 heteroatoms. The predicted octanol–water partition coefficient (Wildman–Crippen LogP) is 12.0. The van der Waals surface area contributed by atoms with Gasteiger partial charge in [0.15, 0.2) is 11.6 Å². The maximum Gasteiger partial charge on any atom is 0.377 e. The Hall–Kier alpha value is -3.49. The highest BCUT2D eigenvalue weighted by Crippen LogP contribution is 2.47. The number of anilines is 1. The number of unbranched alkanes of at least 4 members (excludes halogenated alkanes) is 22. The predicted molar refractivity (Wildman–Crippen MR) is 246 cm³/mol. The Morgan fingerprint density at radius 2 is 1.17 bits per heavy atom. The zero-order valence-electron chi connectivity index (χ0n) is 38.5. The minimum atomic E-state index is -4.62. The molecule has 0 amide bonds. The van der Waals surface area contributed by atoms with Crippen molar-refractivity contribution < 1.29 is 52.7 Å². The Kier molecular flexibility index (Phi) is 32.5. The van der Waals surface area contributed by atoms with Gasteiger partial charge in [0.2, 0.25) is 5.52 Å². The third-order valence-electron chi connectivity index (χ3n) is 10.7. The number of rotatable bonds is 42. The fourth-order valence-corrected chi connectivity index (χ4v) is 7.76. The van der Waals surface area contributed by atoms with Crippen LogP contribution in [-0.2, 0) is 28.1 Å². The molecule has 0 saturated heterocycles. The number of nitrogens with one attached hydrogen (secondary N) is 1. The number of allylic oxidation sites excluding steroid dienone is 4. The van der Waals surface area contributed by atoms with E-state index in [0.29, 0.717) is 18.5 Å². The molecular weight excluding hydrogens is 828 g/mol. The van der Waals surface area contributed by atoms with Crippen molar-refractivity contribution in [2.24, 2.45) is 0 Å². The van der Waals surface area contributed by atoms with Crippen LogP contribution >= 0.6 is 8.17 Å². The third kappa shape index (κ3) is 28.8. The van der Waals surface area contributed by atoms with Crippen LogP contribution in [0.25, 0.3) is 11.0 Å². The second-order valence-corrected chi connectivity index (χ2v) is 17.8. The number of benzene rings is 1. The van der Waals surface area contributed by atoms with E-state index in [1.165, 1.54) is 89.2 Å². The number of phosphoric acid groups is 1. The maximum absolute atomic E-state index is 12.8. The van der Waals surface area contributed by atoms with Crippen molar-refractivity contribution in [3.63, 3.8) is 0 Å². The number of ether oxygens (including phenoxy) is 2.